The molecule has 0 radical (unpaired) electrons. The summed E-state index contributed by atoms with van der Waals surface area (Å²) in [4.78, 5) is 4.66. The van der Waals surface area contributed by atoms with Gasteiger partial charge in [0.05, 0.1) is 24.3 Å². The Morgan fingerprint density at radius 1 is 1.21 bits per heavy atom. The lowest BCUT2D eigenvalue weighted by Gasteiger charge is -2.27. The predicted molar refractivity (Wildman–Crippen MR) is 135 cm³/mol. The van der Waals surface area contributed by atoms with Crippen LogP contribution < -0.4 is 10.1 Å². The number of benzene rings is 1. The number of aromatic nitrogens is 1. The summed E-state index contributed by atoms with van der Waals surface area (Å²) in [5.41, 5.74) is 7.43. The molecule has 0 spiro atoms. The van der Waals surface area contributed by atoms with E-state index in [2.05, 4.69) is 55.9 Å². The zero-order valence-corrected chi connectivity index (χ0v) is 20.5. The van der Waals surface area contributed by atoms with Crippen LogP contribution in [-0.4, -0.2) is 18.1 Å². The quantitative estimate of drug-likeness (QED) is 0.271. The largest absolute Gasteiger partial charge is 0.478 e. The van der Waals surface area contributed by atoms with E-state index in [1.54, 1.807) is 0 Å². The number of hydrogen-bond donors (Lipinski definition) is 1. The second-order valence-corrected chi connectivity index (χ2v) is 8.23. The number of nitrogens with zero attached hydrogens (tertiary/aromatic N) is 3. The number of anilines is 1. The van der Waals surface area contributed by atoms with E-state index < -0.39 is 0 Å². The van der Waals surface area contributed by atoms with Crippen molar-refractivity contribution in [3.05, 3.63) is 64.4 Å². The van der Waals surface area contributed by atoms with Gasteiger partial charge >= 0.3 is 0 Å². The van der Waals surface area contributed by atoms with Crippen LogP contribution in [0.2, 0.25) is 0 Å². The lowest BCUT2D eigenvalue weighted by atomic mass is 9.81. The van der Waals surface area contributed by atoms with Crippen molar-refractivity contribution >= 4 is 5.69 Å². The molecule has 0 fully saturated rings. The Hall–Kier alpha value is -3.31. The molecule has 174 valence electrons. The molecule has 1 aromatic carbocycles. The Balaban J connectivity index is 2.61. The maximum Gasteiger partial charge on any atom is 0.219 e. The highest BCUT2D eigenvalue weighted by Gasteiger charge is 2.26. The molecule has 1 heterocycles. The van der Waals surface area contributed by atoms with Crippen molar-refractivity contribution in [1.82, 2.24) is 4.98 Å². The van der Waals surface area contributed by atoms with Crippen LogP contribution in [0.1, 0.15) is 86.6 Å². The van der Waals surface area contributed by atoms with Crippen molar-refractivity contribution in [3.8, 4) is 18.0 Å². The van der Waals surface area contributed by atoms with Crippen LogP contribution in [0, 0.1) is 29.6 Å². The monoisotopic (exact) mass is 444 g/mol. The average molecular weight is 445 g/mol. The molecule has 5 heteroatoms. The van der Waals surface area contributed by atoms with Gasteiger partial charge in [-0.2, -0.15) is 10.5 Å². The first-order chi connectivity index (χ1) is 16.0. The molecule has 0 aliphatic heterocycles. The molecule has 0 bridgehead atoms. The van der Waals surface area contributed by atoms with Crippen LogP contribution in [-0.2, 0) is 6.42 Å². The van der Waals surface area contributed by atoms with Crippen molar-refractivity contribution in [2.24, 2.45) is 0 Å². The highest BCUT2D eigenvalue weighted by molar-refractivity contribution is 5.64. The molecule has 33 heavy (non-hydrogen) atoms. The summed E-state index contributed by atoms with van der Waals surface area (Å²) >= 11 is 0. The Labute approximate surface area is 199 Å². The topological polar surface area (TPSA) is 81.7 Å². The third-order valence-corrected chi connectivity index (χ3v) is 5.89. The number of nitriles is 2. The summed E-state index contributed by atoms with van der Waals surface area (Å²) < 4.78 is 6.02. The highest BCUT2D eigenvalue weighted by atomic mass is 16.5. The predicted octanol–water partition coefficient (Wildman–Crippen LogP) is 6.82. The van der Waals surface area contributed by atoms with Crippen LogP contribution in [0.3, 0.4) is 0 Å². The third-order valence-electron chi connectivity index (χ3n) is 5.89. The highest BCUT2D eigenvalue weighted by Crippen LogP contribution is 2.42. The lowest BCUT2D eigenvalue weighted by molar-refractivity contribution is 0.321. The molecule has 0 amide bonds. The summed E-state index contributed by atoms with van der Waals surface area (Å²) in [7, 11) is 0. The number of aryl methyl sites for hydroxylation is 2. The van der Waals surface area contributed by atoms with Gasteiger partial charge in [0.15, 0.2) is 0 Å². The molecule has 0 saturated carbocycles. The van der Waals surface area contributed by atoms with Gasteiger partial charge < -0.3 is 10.1 Å². The van der Waals surface area contributed by atoms with Gasteiger partial charge in [-0.25, -0.2) is 4.98 Å². The van der Waals surface area contributed by atoms with Gasteiger partial charge in [-0.1, -0.05) is 25.1 Å². The molecular formula is C28H36N4O. The van der Waals surface area contributed by atoms with Gasteiger partial charge in [0, 0.05) is 36.3 Å². The van der Waals surface area contributed by atoms with E-state index in [9.17, 15) is 5.26 Å². The molecule has 1 unspecified atom stereocenters. The maximum atomic E-state index is 9.42. The number of ether oxygens (including phenoxy) is 1. The fraction of sp³-hybridized carbons (Fsp3) is 0.464. The minimum absolute atomic E-state index is 0.0448. The molecule has 1 atom stereocenters. The summed E-state index contributed by atoms with van der Waals surface area (Å²) in [6, 6.07) is 10.5. The standard InChI is InChI=1S/C28H36N4O/c1-6-23-17-22(18-30)13-15-24(23)25(14-12-20(4)11-9-10-16-29)26-27(31-7-2)21(5)19-32-28(26)33-8-3/h13,15,17,19,25H,4,6-12,14H2,1-3,5H3,(H,31,32). The van der Waals surface area contributed by atoms with E-state index in [0.29, 0.717) is 24.5 Å². The Kier molecular flexibility index (Phi) is 10.4. The zero-order valence-electron chi connectivity index (χ0n) is 20.5. The van der Waals surface area contributed by atoms with Gasteiger partial charge in [0.1, 0.15) is 0 Å². The SMILES string of the molecule is C=C(CCCC#N)CCC(c1ccc(C#N)cc1CC)c1c(OCC)ncc(C)c1NCC. The summed E-state index contributed by atoms with van der Waals surface area (Å²) in [6.07, 6.45) is 6.67. The zero-order chi connectivity index (χ0) is 24.2. The Bertz CT molecular complexity index is 1030. The first kappa shape index (κ1) is 25.9. The van der Waals surface area contributed by atoms with Crippen molar-refractivity contribution < 1.29 is 4.74 Å². The molecule has 0 aliphatic rings. The molecule has 5 nitrogen and oxygen atoms in total. The van der Waals surface area contributed by atoms with Crippen LogP contribution in [0.25, 0.3) is 0 Å². The fourth-order valence-corrected chi connectivity index (χ4v) is 4.26. The van der Waals surface area contributed by atoms with Crippen LogP contribution in [0.15, 0.2) is 36.5 Å². The number of allylic oxidation sites excluding steroid dienone is 1. The van der Waals surface area contributed by atoms with E-state index >= 15 is 0 Å². The third kappa shape index (κ3) is 6.83. The summed E-state index contributed by atoms with van der Waals surface area (Å²) in [5, 5.41) is 21.8. The van der Waals surface area contributed by atoms with Crippen molar-refractivity contribution in [3.63, 3.8) is 0 Å². The second-order valence-electron chi connectivity index (χ2n) is 8.23. The van der Waals surface area contributed by atoms with Gasteiger partial charge in [0.25, 0.3) is 0 Å². The molecule has 1 N–H and O–H groups in total. The van der Waals surface area contributed by atoms with Crippen molar-refractivity contribution in [1.29, 1.82) is 10.5 Å². The minimum Gasteiger partial charge on any atom is -0.478 e. The van der Waals surface area contributed by atoms with E-state index in [4.69, 9.17) is 10.00 Å². The molecule has 0 saturated heterocycles. The Morgan fingerprint density at radius 2 is 2.00 bits per heavy atom. The van der Waals surface area contributed by atoms with Crippen LogP contribution >= 0.6 is 0 Å². The van der Waals surface area contributed by atoms with Gasteiger partial charge in [-0.3, -0.25) is 0 Å². The van der Waals surface area contributed by atoms with E-state index in [-0.39, 0.29) is 5.92 Å². The number of unbranched alkanes of at least 4 members (excludes halogenated alkanes) is 1. The molecule has 0 aliphatic carbocycles. The summed E-state index contributed by atoms with van der Waals surface area (Å²) in [5.74, 6) is 0.703. The molecule has 2 aromatic rings. The second kappa shape index (κ2) is 13.3. The van der Waals surface area contributed by atoms with E-state index in [1.807, 2.05) is 25.3 Å². The van der Waals surface area contributed by atoms with Gasteiger partial charge in [0.2, 0.25) is 5.88 Å². The first-order valence-corrected chi connectivity index (χ1v) is 11.9. The lowest BCUT2D eigenvalue weighted by Crippen LogP contribution is -2.14. The molecule has 2 rings (SSSR count). The Morgan fingerprint density at radius 3 is 2.64 bits per heavy atom. The number of rotatable bonds is 13. The smallest absolute Gasteiger partial charge is 0.219 e. The van der Waals surface area contributed by atoms with E-state index in [0.717, 1.165) is 61.0 Å². The average Bonchev–Trinajstić information content (AvgIpc) is 2.82. The van der Waals surface area contributed by atoms with E-state index in [1.165, 1.54) is 11.1 Å². The fourth-order valence-electron chi connectivity index (χ4n) is 4.26. The van der Waals surface area contributed by atoms with Gasteiger partial charge in [-0.15, -0.1) is 0 Å². The maximum absolute atomic E-state index is 9.42. The molecular weight excluding hydrogens is 408 g/mol. The minimum atomic E-state index is 0.0448. The van der Waals surface area contributed by atoms with Crippen molar-refractivity contribution in [2.75, 3.05) is 18.5 Å². The number of pyridine rings is 1. The van der Waals surface area contributed by atoms with Crippen molar-refractivity contribution in [2.45, 2.75) is 72.1 Å². The molecule has 1 aromatic heterocycles. The summed E-state index contributed by atoms with van der Waals surface area (Å²) in [6.45, 7) is 13.9. The first-order valence-electron chi connectivity index (χ1n) is 11.9. The normalized spacial score (nSPS) is 11.3. The number of nitrogens with one attached hydrogen (secondary N) is 1. The number of hydrogen-bond acceptors (Lipinski definition) is 5. The van der Waals surface area contributed by atoms with Crippen LogP contribution in [0.4, 0.5) is 5.69 Å². The van der Waals surface area contributed by atoms with Crippen LogP contribution in [0.5, 0.6) is 5.88 Å². The van der Waals surface area contributed by atoms with Gasteiger partial charge in [-0.05, 0) is 81.7 Å².